The number of rotatable bonds is 2. The molecule has 3 aliphatic rings. The fraction of sp³-hybridized carbons (Fsp3) is 1.00. The Hall–Kier alpha value is -0.120. The predicted molar refractivity (Wildman–Crippen MR) is 69.2 cm³/mol. The number of hydrogen-bond acceptors (Lipinski definition) is 3. The molecule has 3 rings (SSSR count). The first-order valence-corrected chi connectivity index (χ1v) is 7.41. The summed E-state index contributed by atoms with van der Waals surface area (Å²) >= 11 is 0. The van der Waals surface area contributed by atoms with Crippen LogP contribution in [0, 0.1) is 5.92 Å². The Kier molecular flexibility index (Phi) is 3.69. The summed E-state index contributed by atoms with van der Waals surface area (Å²) in [5.41, 5.74) is 0.480. The minimum absolute atomic E-state index is 0.480. The number of hydrogen-bond donors (Lipinski definition) is 1. The first kappa shape index (κ1) is 11.9. The highest BCUT2D eigenvalue weighted by Gasteiger charge is 2.37. The van der Waals surface area contributed by atoms with Crippen LogP contribution in [0.2, 0.25) is 0 Å². The molecule has 1 unspecified atom stereocenters. The molecule has 0 aromatic heterocycles. The molecule has 0 bridgehead atoms. The van der Waals surface area contributed by atoms with E-state index in [1.807, 2.05) is 0 Å². The van der Waals surface area contributed by atoms with Gasteiger partial charge in [0.15, 0.2) is 0 Å². The Morgan fingerprint density at radius 3 is 2.88 bits per heavy atom. The summed E-state index contributed by atoms with van der Waals surface area (Å²) in [6, 6.07) is 0. The van der Waals surface area contributed by atoms with Crippen molar-refractivity contribution in [2.75, 3.05) is 39.4 Å². The van der Waals surface area contributed by atoms with Crippen molar-refractivity contribution in [1.82, 2.24) is 10.2 Å². The monoisotopic (exact) mass is 238 g/mol. The second-order valence-corrected chi connectivity index (χ2v) is 6.23. The topological polar surface area (TPSA) is 24.5 Å². The van der Waals surface area contributed by atoms with Crippen LogP contribution in [0.15, 0.2) is 0 Å². The van der Waals surface area contributed by atoms with E-state index >= 15 is 0 Å². The van der Waals surface area contributed by atoms with Gasteiger partial charge in [-0.25, -0.2) is 0 Å². The summed E-state index contributed by atoms with van der Waals surface area (Å²) in [7, 11) is 0. The first-order chi connectivity index (χ1) is 8.36. The zero-order chi connectivity index (χ0) is 11.6. The van der Waals surface area contributed by atoms with Gasteiger partial charge in [-0.15, -0.1) is 0 Å². The van der Waals surface area contributed by atoms with Crippen LogP contribution >= 0.6 is 0 Å². The molecule has 1 aliphatic carbocycles. The fourth-order valence-corrected chi connectivity index (χ4v) is 3.90. The molecular weight excluding hydrogens is 212 g/mol. The fourth-order valence-electron chi connectivity index (χ4n) is 3.90. The lowest BCUT2D eigenvalue weighted by molar-refractivity contribution is 0.0271. The van der Waals surface area contributed by atoms with Crippen LogP contribution < -0.4 is 5.32 Å². The maximum Gasteiger partial charge on any atom is 0.0506 e. The predicted octanol–water partition coefficient (Wildman–Crippen LogP) is 1.63. The molecule has 98 valence electrons. The van der Waals surface area contributed by atoms with E-state index in [1.165, 1.54) is 64.7 Å². The van der Waals surface area contributed by atoms with Crippen LogP contribution in [0.4, 0.5) is 0 Å². The molecule has 0 amide bonds. The normalized spacial score (nSPS) is 34.2. The Labute approximate surface area is 105 Å². The second kappa shape index (κ2) is 5.25. The zero-order valence-corrected chi connectivity index (χ0v) is 10.9. The van der Waals surface area contributed by atoms with Crippen molar-refractivity contribution in [1.29, 1.82) is 0 Å². The third-order valence-corrected chi connectivity index (χ3v) is 4.79. The van der Waals surface area contributed by atoms with Gasteiger partial charge in [-0.1, -0.05) is 12.8 Å². The van der Waals surface area contributed by atoms with Crippen molar-refractivity contribution in [2.45, 2.75) is 44.1 Å². The maximum atomic E-state index is 5.60. The van der Waals surface area contributed by atoms with Crippen molar-refractivity contribution in [3.05, 3.63) is 0 Å². The molecule has 0 radical (unpaired) electrons. The zero-order valence-electron chi connectivity index (χ0n) is 10.9. The van der Waals surface area contributed by atoms with Gasteiger partial charge >= 0.3 is 0 Å². The van der Waals surface area contributed by atoms with Crippen LogP contribution in [-0.4, -0.2) is 49.8 Å². The van der Waals surface area contributed by atoms with E-state index in [1.54, 1.807) is 0 Å². The molecule has 1 spiro atoms. The highest BCUT2D eigenvalue weighted by molar-refractivity contribution is 4.98. The minimum Gasteiger partial charge on any atom is -0.381 e. The lowest BCUT2D eigenvalue weighted by atomic mass is 9.93. The number of piperazine rings is 1. The summed E-state index contributed by atoms with van der Waals surface area (Å²) in [5, 5.41) is 3.79. The Morgan fingerprint density at radius 1 is 1.24 bits per heavy atom. The number of ether oxygens (including phenoxy) is 1. The molecule has 2 heterocycles. The molecule has 1 N–H and O–H groups in total. The third kappa shape index (κ3) is 2.83. The van der Waals surface area contributed by atoms with Gasteiger partial charge in [0, 0.05) is 38.3 Å². The van der Waals surface area contributed by atoms with E-state index in [2.05, 4.69) is 10.2 Å². The molecule has 3 fully saturated rings. The molecule has 3 nitrogen and oxygen atoms in total. The summed E-state index contributed by atoms with van der Waals surface area (Å²) in [5.74, 6) is 0.792. The van der Waals surface area contributed by atoms with Crippen LogP contribution in [0.1, 0.15) is 38.5 Å². The summed E-state index contributed by atoms with van der Waals surface area (Å²) in [6.45, 7) is 6.96. The Morgan fingerprint density at radius 2 is 2.12 bits per heavy atom. The SMILES string of the molecule is C1COCC(CN2CCNC3(CCCC3)C2)C1. The van der Waals surface area contributed by atoms with Crippen LogP contribution in [0.3, 0.4) is 0 Å². The Balaban J connectivity index is 1.52. The van der Waals surface area contributed by atoms with E-state index in [0.717, 1.165) is 19.1 Å². The summed E-state index contributed by atoms with van der Waals surface area (Å²) < 4.78 is 5.60. The largest absolute Gasteiger partial charge is 0.381 e. The molecule has 1 saturated carbocycles. The first-order valence-electron chi connectivity index (χ1n) is 7.41. The molecule has 2 aliphatic heterocycles. The minimum atomic E-state index is 0.480. The standard InChI is InChI=1S/C14H26N2O/c1-2-6-14(5-1)12-16(8-7-15-14)10-13-4-3-9-17-11-13/h13,15H,1-12H2. The second-order valence-electron chi connectivity index (χ2n) is 6.23. The maximum absolute atomic E-state index is 5.60. The molecule has 17 heavy (non-hydrogen) atoms. The average Bonchev–Trinajstić information content (AvgIpc) is 2.79. The van der Waals surface area contributed by atoms with Crippen molar-refractivity contribution in [2.24, 2.45) is 5.92 Å². The van der Waals surface area contributed by atoms with E-state index in [9.17, 15) is 0 Å². The highest BCUT2D eigenvalue weighted by Crippen LogP contribution is 2.32. The van der Waals surface area contributed by atoms with Crippen molar-refractivity contribution in [3.63, 3.8) is 0 Å². The van der Waals surface area contributed by atoms with E-state index in [4.69, 9.17) is 4.74 Å². The third-order valence-electron chi connectivity index (χ3n) is 4.79. The van der Waals surface area contributed by atoms with Gasteiger partial charge in [-0.2, -0.15) is 0 Å². The smallest absolute Gasteiger partial charge is 0.0506 e. The highest BCUT2D eigenvalue weighted by atomic mass is 16.5. The number of nitrogens with one attached hydrogen (secondary N) is 1. The molecule has 0 aromatic carbocycles. The van der Waals surface area contributed by atoms with Crippen LogP contribution in [-0.2, 0) is 4.74 Å². The van der Waals surface area contributed by atoms with Crippen molar-refractivity contribution < 1.29 is 4.74 Å². The van der Waals surface area contributed by atoms with E-state index < -0.39 is 0 Å². The average molecular weight is 238 g/mol. The van der Waals surface area contributed by atoms with E-state index in [-0.39, 0.29) is 0 Å². The number of nitrogens with zero attached hydrogens (tertiary/aromatic N) is 1. The Bertz CT molecular complexity index is 245. The summed E-state index contributed by atoms with van der Waals surface area (Å²) in [6.07, 6.45) is 8.27. The molecule has 2 saturated heterocycles. The van der Waals surface area contributed by atoms with Gasteiger partial charge in [0.05, 0.1) is 6.61 Å². The van der Waals surface area contributed by atoms with Crippen LogP contribution in [0.25, 0.3) is 0 Å². The van der Waals surface area contributed by atoms with Gasteiger partial charge in [-0.3, -0.25) is 4.90 Å². The lowest BCUT2D eigenvalue weighted by Crippen LogP contribution is -2.59. The quantitative estimate of drug-likeness (QED) is 0.791. The molecule has 0 aromatic rings. The van der Waals surface area contributed by atoms with Gasteiger partial charge in [-0.05, 0) is 31.6 Å². The molecule has 3 heteroatoms. The van der Waals surface area contributed by atoms with Gasteiger partial charge in [0.1, 0.15) is 0 Å². The summed E-state index contributed by atoms with van der Waals surface area (Å²) in [4.78, 5) is 2.70. The van der Waals surface area contributed by atoms with Gasteiger partial charge in [0.25, 0.3) is 0 Å². The van der Waals surface area contributed by atoms with E-state index in [0.29, 0.717) is 5.54 Å². The van der Waals surface area contributed by atoms with Crippen molar-refractivity contribution in [3.8, 4) is 0 Å². The molecule has 1 atom stereocenters. The van der Waals surface area contributed by atoms with Crippen LogP contribution in [0.5, 0.6) is 0 Å². The molecular formula is C14H26N2O. The van der Waals surface area contributed by atoms with Crippen molar-refractivity contribution >= 4 is 0 Å². The van der Waals surface area contributed by atoms with Gasteiger partial charge in [0.2, 0.25) is 0 Å². The van der Waals surface area contributed by atoms with Gasteiger partial charge < -0.3 is 10.1 Å². The lowest BCUT2D eigenvalue weighted by Gasteiger charge is -2.43.